The molecule has 0 aliphatic rings. The van der Waals surface area contributed by atoms with Crippen molar-refractivity contribution < 1.29 is 24.3 Å². The Bertz CT molecular complexity index is 740. The van der Waals surface area contributed by atoms with Crippen LogP contribution in [0.15, 0.2) is 30.3 Å². The number of benzene rings is 1. The van der Waals surface area contributed by atoms with E-state index in [4.69, 9.17) is 5.73 Å². The second kappa shape index (κ2) is 12.7. The van der Waals surface area contributed by atoms with Crippen molar-refractivity contribution in [2.24, 2.45) is 11.7 Å². The van der Waals surface area contributed by atoms with Gasteiger partial charge in [-0.15, -0.1) is 0 Å². The maximum atomic E-state index is 12.9. The van der Waals surface area contributed by atoms with E-state index in [9.17, 15) is 24.3 Å². The largest absolute Gasteiger partial charge is 0.479 e. The van der Waals surface area contributed by atoms with Crippen molar-refractivity contribution >= 4 is 23.7 Å². The maximum absolute atomic E-state index is 12.9. The second-order valence-corrected chi connectivity index (χ2v) is 7.83. The van der Waals surface area contributed by atoms with Crippen molar-refractivity contribution in [2.75, 3.05) is 27.2 Å². The molecule has 0 radical (unpaired) electrons. The number of carboxylic acid groups (broad SMARTS) is 1. The van der Waals surface area contributed by atoms with Gasteiger partial charge in [0.05, 0.1) is 0 Å². The normalized spacial score (nSPS) is 13.6. The third-order valence-electron chi connectivity index (χ3n) is 5.31. The molecule has 0 aliphatic carbocycles. The second-order valence-electron chi connectivity index (χ2n) is 7.83. The number of carbonyl (C=O) groups is 4. The number of nitrogens with two attached hydrogens (primary N) is 1. The number of amides is 3. The minimum atomic E-state index is -2.25. The lowest BCUT2D eigenvalue weighted by molar-refractivity contribution is -0.152. The van der Waals surface area contributed by atoms with Crippen LogP contribution >= 0.6 is 0 Å². The molecule has 3 amide bonds. The molecule has 0 saturated carbocycles. The number of hydrogen-bond acceptors (Lipinski definition) is 5. The monoisotopic (exact) mass is 434 g/mol. The van der Waals surface area contributed by atoms with Crippen molar-refractivity contribution in [1.82, 2.24) is 15.5 Å². The summed E-state index contributed by atoms with van der Waals surface area (Å²) in [5.41, 5.74) is 3.94. The molecular weight excluding hydrogens is 400 g/mol. The van der Waals surface area contributed by atoms with Gasteiger partial charge >= 0.3 is 5.97 Å². The van der Waals surface area contributed by atoms with Gasteiger partial charge in [-0.05, 0) is 51.8 Å². The third kappa shape index (κ3) is 8.37. The highest BCUT2D eigenvalue weighted by molar-refractivity contribution is 6.08. The Morgan fingerprint density at radius 1 is 1.16 bits per heavy atom. The summed E-state index contributed by atoms with van der Waals surface area (Å²) in [4.78, 5) is 50.3. The fraction of sp³-hybridized carbons (Fsp3) is 0.545. The molecule has 0 bridgehead atoms. The average Bonchev–Trinajstić information content (AvgIpc) is 2.74. The van der Waals surface area contributed by atoms with Crippen LogP contribution in [0.1, 0.15) is 38.2 Å². The van der Waals surface area contributed by atoms with E-state index >= 15 is 0 Å². The molecule has 0 saturated heterocycles. The highest BCUT2D eigenvalue weighted by Crippen LogP contribution is 2.17. The van der Waals surface area contributed by atoms with E-state index in [1.807, 2.05) is 37.4 Å². The predicted octanol–water partition coefficient (Wildman–Crippen LogP) is 0.528. The Balaban J connectivity index is 2.89. The SMILES string of the molecule is CNCCCCN(C)C(=O)C[C@@H](CCc1ccccc1)C(=O)N[C@](C)(C(N)=O)C(=O)O. The van der Waals surface area contributed by atoms with Gasteiger partial charge in [0.15, 0.2) is 0 Å². The molecule has 0 heterocycles. The van der Waals surface area contributed by atoms with Crippen molar-refractivity contribution in [3.63, 3.8) is 0 Å². The van der Waals surface area contributed by atoms with Gasteiger partial charge < -0.3 is 26.4 Å². The first-order valence-corrected chi connectivity index (χ1v) is 10.4. The van der Waals surface area contributed by atoms with Crippen molar-refractivity contribution in [3.05, 3.63) is 35.9 Å². The summed E-state index contributed by atoms with van der Waals surface area (Å²) in [6, 6.07) is 9.46. The van der Waals surface area contributed by atoms with Gasteiger partial charge in [0.25, 0.3) is 5.91 Å². The number of unbranched alkanes of at least 4 members (excludes halogenated alkanes) is 1. The van der Waals surface area contributed by atoms with Crippen LogP contribution in [-0.2, 0) is 25.6 Å². The van der Waals surface area contributed by atoms with Gasteiger partial charge in [0.1, 0.15) is 0 Å². The molecule has 1 rings (SSSR count). The molecule has 1 aromatic carbocycles. The quantitative estimate of drug-likeness (QED) is 0.249. The number of nitrogens with one attached hydrogen (secondary N) is 2. The molecular formula is C22H34N4O5. The summed E-state index contributed by atoms with van der Waals surface area (Å²) in [5.74, 6) is -4.43. The Morgan fingerprint density at radius 2 is 1.81 bits per heavy atom. The minimum absolute atomic E-state index is 0.0876. The van der Waals surface area contributed by atoms with Crippen LogP contribution in [0.3, 0.4) is 0 Å². The number of aliphatic carboxylic acids is 1. The van der Waals surface area contributed by atoms with Crippen LogP contribution in [0, 0.1) is 5.92 Å². The van der Waals surface area contributed by atoms with E-state index in [-0.39, 0.29) is 12.3 Å². The zero-order chi connectivity index (χ0) is 23.4. The summed E-state index contributed by atoms with van der Waals surface area (Å²) in [5, 5.41) is 14.6. The first-order valence-electron chi connectivity index (χ1n) is 10.4. The summed E-state index contributed by atoms with van der Waals surface area (Å²) in [6.07, 6.45) is 2.50. The fourth-order valence-corrected chi connectivity index (χ4v) is 3.02. The molecule has 0 aromatic heterocycles. The number of rotatable bonds is 14. The van der Waals surface area contributed by atoms with Gasteiger partial charge in [-0.3, -0.25) is 14.4 Å². The van der Waals surface area contributed by atoms with Gasteiger partial charge in [0, 0.05) is 25.9 Å². The predicted molar refractivity (Wildman–Crippen MR) is 117 cm³/mol. The van der Waals surface area contributed by atoms with E-state index in [2.05, 4.69) is 10.6 Å². The van der Waals surface area contributed by atoms with E-state index in [0.717, 1.165) is 31.9 Å². The minimum Gasteiger partial charge on any atom is -0.479 e. The molecule has 9 heteroatoms. The lowest BCUT2D eigenvalue weighted by Crippen LogP contribution is -2.61. The van der Waals surface area contributed by atoms with Gasteiger partial charge in [0.2, 0.25) is 17.4 Å². The number of carbonyl (C=O) groups excluding carboxylic acids is 3. The van der Waals surface area contributed by atoms with E-state index in [1.54, 1.807) is 11.9 Å². The van der Waals surface area contributed by atoms with E-state index in [0.29, 0.717) is 19.4 Å². The molecule has 9 nitrogen and oxygen atoms in total. The molecule has 2 atom stereocenters. The van der Waals surface area contributed by atoms with Crippen LogP contribution in [0.25, 0.3) is 0 Å². The summed E-state index contributed by atoms with van der Waals surface area (Å²) in [6.45, 7) is 2.45. The number of aryl methyl sites for hydroxylation is 1. The molecule has 172 valence electrons. The Kier molecular flexibility index (Phi) is 10.7. The molecule has 0 fully saturated rings. The van der Waals surface area contributed by atoms with Gasteiger partial charge in [-0.25, -0.2) is 4.79 Å². The van der Waals surface area contributed by atoms with Crippen LogP contribution in [0.5, 0.6) is 0 Å². The molecule has 1 aromatic rings. The molecule has 31 heavy (non-hydrogen) atoms. The van der Waals surface area contributed by atoms with Crippen LogP contribution in [0.2, 0.25) is 0 Å². The van der Waals surface area contributed by atoms with Gasteiger partial charge in [-0.1, -0.05) is 30.3 Å². The van der Waals surface area contributed by atoms with Crippen LogP contribution < -0.4 is 16.4 Å². The van der Waals surface area contributed by atoms with Crippen molar-refractivity contribution in [3.8, 4) is 0 Å². The molecule has 0 spiro atoms. The fourth-order valence-electron chi connectivity index (χ4n) is 3.02. The topological polar surface area (TPSA) is 142 Å². The highest BCUT2D eigenvalue weighted by atomic mass is 16.4. The van der Waals surface area contributed by atoms with Crippen LogP contribution in [-0.4, -0.2) is 66.4 Å². The summed E-state index contributed by atoms with van der Waals surface area (Å²) >= 11 is 0. The Hall–Kier alpha value is -2.94. The number of carboxylic acids is 1. The van der Waals surface area contributed by atoms with Crippen LogP contribution in [0.4, 0.5) is 0 Å². The Labute approximate surface area is 183 Å². The summed E-state index contributed by atoms with van der Waals surface area (Å²) in [7, 11) is 3.54. The zero-order valence-corrected chi connectivity index (χ0v) is 18.5. The molecule has 0 aliphatic heterocycles. The zero-order valence-electron chi connectivity index (χ0n) is 18.5. The van der Waals surface area contributed by atoms with E-state index < -0.39 is 29.2 Å². The van der Waals surface area contributed by atoms with Gasteiger partial charge in [-0.2, -0.15) is 0 Å². The summed E-state index contributed by atoms with van der Waals surface area (Å²) < 4.78 is 0. The lowest BCUT2D eigenvalue weighted by atomic mass is 9.92. The molecule has 0 unspecified atom stereocenters. The average molecular weight is 435 g/mol. The highest BCUT2D eigenvalue weighted by Gasteiger charge is 2.42. The van der Waals surface area contributed by atoms with E-state index in [1.165, 1.54) is 0 Å². The first-order chi connectivity index (χ1) is 14.6. The van der Waals surface area contributed by atoms with Crippen molar-refractivity contribution in [2.45, 2.75) is 44.6 Å². The van der Waals surface area contributed by atoms with Crippen molar-refractivity contribution in [1.29, 1.82) is 0 Å². The number of nitrogens with zero attached hydrogens (tertiary/aromatic N) is 1. The number of hydrogen-bond donors (Lipinski definition) is 4. The first kappa shape index (κ1) is 26.1. The third-order valence-corrected chi connectivity index (χ3v) is 5.31. The standard InChI is InChI=1S/C22H34N4O5/c1-22(20(23)29,21(30)31)25-19(28)17(12-11-16-9-5-4-6-10-16)15-18(27)26(3)14-8-7-13-24-2/h4-6,9-10,17,24H,7-8,11-15H2,1-3H3,(H2,23,29)(H,25,28)(H,30,31)/t17-,22-/m1/s1. The smallest absolute Gasteiger partial charge is 0.339 e. The Morgan fingerprint density at radius 3 is 2.35 bits per heavy atom. The maximum Gasteiger partial charge on any atom is 0.339 e. The number of primary amides is 1. The molecule has 5 N–H and O–H groups in total. The lowest BCUT2D eigenvalue weighted by Gasteiger charge is -2.27.